The van der Waals surface area contributed by atoms with Crippen LogP contribution < -0.4 is 0 Å². The number of aromatic carboxylic acids is 1. The molecule has 76 valence electrons. The second-order valence-corrected chi connectivity index (χ2v) is 3.19. The molecule has 1 heterocycles. The summed E-state index contributed by atoms with van der Waals surface area (Å²) < 4.78 is 1.43. The lowest BCUT2D eigenvalue weighted by molar-refractivity contribution is 0.0690. The third-order valence-corrected chi connectivity index (χ3v) is 2.01. The zero-order valence-electron chi connectivity index (χ0n) is 8.08. The van der Waals surface area contributed by atoms with E-state index in [9.17, 15) is 4.79 Å². The Morgan fingerprint density at radius 2 is 2.00 bits per heavy atom. The predicted octanol–water partition coefficient (Wildman–Crippen LogP) is 1.27. The number of aromatic nitrogens is 3. The van der Waals surface area contributed by atoms with Crippen LogP contribution in [0.15, 0.2) is 30.5 Å². The van der Waals surface area contributed by atoms with E-state index in [1.165, 1.54) is 10.9 Å². The van der Waals surface area contributed by atoms with Gasteiger partial charge in [-0.3, -0.25) is 0 Å². The zero-order valence-corrected chi connectivity index (χ0v) is 8.08. The van der Waals surface area contributed by atoms with Crippen molar-refractivity contribution in [1.29, 1.82) is 0 Å². The Morgan fingerprint density at radius 3 is 2.53 bits per heavy atom. The van der Waals surface area contributed by atoms with E-state index in [1.54, 1.807) is 0 Å². The van der Waals surface area contributed by atoms with E-state index in [1.807, 2.05) is 31.2 Å². The molecule has 1 aromatic heterocycles. The fourth-order valence-corrected chi connectivity index (χ4v) is 1.19. The number of hydrogen-bond donors (Lipinski definition) is 1. The molecule has 1 N–H and O–H groups in total. The van der Waals surface area contributed by atoms with Crippen molar-refractivity contribution in [2.24, 2.45) is 0 Å². The maximum atomic E-state index is 10.6. The lowest BCUT2D eigenvalue weighted by Gasteiger charge is -1.99. The minimum atomic E-state index is -1.08. The van der Waals surface area contributed by atoms with Gasteiger partial charge in [0.15, 0.2) is 5.69 Å². The van der Waals surface area contributed by atoms with E-state index in [4.69, 9.17) is 5.11 Å². The minimum absolute atomic E-state index is 0.0597. The molecule has 0 saturated heterocycles. The minimum Gasteiger partial charge on any atom is -0.476 e. The Labute approximate surface area is 86.0 Å². The molecular formula is C10H9N3O2. The summed E-state index contributed by atoms with van der Waals surface area (Å²) in [7, 11) is 0. The molecular weight excluding hydrogens is 194 g/mol. The molecule has 0 aliphatic carbocycles. The van der Waals surface area contributed by atoms with Gasteiger partial charge in [-0.05, 0) is 19.1 Å². The van der Waals surface area contributed by atoms with Crippen molar-refractivity contribution >= 4 is 5.97 Å². The predicted molar refractivity (Wildman–Crippen MR) is 53.1 cm³/mol. The van der Waals surface area contributed by atoms with Crippen molar-refractivity contribution < 1.29 is 9.90 Å². The number of nitrogens with zero attached hydrogens (tertiary/aromatic N) is 3. The van der Waals surface area contributed by atoms with E-state index < -0.39 is 5.97 Å². The first-order valence-electron chi connectivity index (χ1n) is 4.39. The average molecular weight is 203 g/mol. The van der Waals surface area contributed by atoms with Crippen molar-refractivity contribution in [3.05, 3.63) is 41.7 Å². The maximum Gasteiger partial charge on any atom is 0.358 e. The monoisotopic (exact) mass is 203 g/mol. The van der Waals surface area contributed by atoms with Crippen LogP contribution in [0.2, 0.25) is 0 Å². The van der Waals surface area contributed by atoms with Gasteiger partial charge in [0.25, 0.3) is 0 Å². The maximum absolute atomic E-state index is 10.6. The van der Waals surface area contributed by atoms with Gasteiger partial charge in [0, 0.05) is 0 Å². The molecule has 0 fully saturated rings. The van der Waals surface area contributed by atoms with Crippen LogP contribution in [0, 0.1) is 6.92 Å². The highest BCUT2D eigenvalue weighted by Gasteiger charge is 2.08. The quantitative estimate of drug-likeness (QED) is 0.798. The van der Waals surface area contributed by atoms with Gasteiger partial charge in [0.2, 0.25) is 0 Å². The molecule has 0 radical (unpaired) electrons. The number of aryl methyl sites for hydroxylation is 1. The van der Waals surface area contributed by atoms with Crippen molar-refractivity contribution in [3.63, 3.8) is 0 Å². The van der Waals surface area contributed by atoms with Crippen LogP contribution in [0.4, 0.5) is 0 Å². The number of rotatable bonds is 2. The fraction of sp³-hybridized carbons (Fsp3) is 0.100. The van der Waals surface area contributed by atoms with E-state index >= 15 is 0 Å². The zero-order chi connectivity index (χ0) is 10.8. The van der Waals surface area contributed by atoms with E-state index in [2.05, 4.69) is 10.3 Å². The van der Waals surface area contributed by atoms with Gasteiger partial charge in [-0.25, -0.2) is 9.48 Å². The van der Waals surface area contributed by atoms with Crippen LogP contribution >= 0.6 is 0 Å². The number of carboxylic acids is 1. The third kappa shape index (κ3) is 1.85. The molecule has 0 aliphatic heterocycles. The number of benzene rings is 1. The lowest BCUT2D eigenvalue weighted by atomic mass is 10.2. The summed E-state index contributed by atoms with van der Waals surface area (Å²) in [5.41, 5.74) is 1.87. The smallest absolute Gasteiger partial charge is 0.358 e. The molecule has 2 aromatic rings. The van der Waals surface area contributed by atoms with Crippen molar-refractivity contribution in [2.75, 3.05) is 0 Å². The van der Waals surface area contributed by atoms with E-state index in [-0.39, 0.29) is 5.69 Å². The Hall–Kier alpha value is -2.17. The van der Waals surface area contributed by atoms with Crippen LogP contribution in [0.5, 0.6) is 0 Å². The summed E-state index contributed by atoms with van der Waals surface area (Å²) in [5, 5.41) is 15.9. The summed E-state index contributed by atoms with van der Waals surface area (Å²) in [6.07, 6.45) is 1.38. The topological polar surface area (TPSA) is 68.0 Å². The van der Waals surface area contributed by atoms with Gasteiger partial charge < -0.3 is 5.11 Å². The first-order chi connectivity index (χ1) is 7.16. The Bertz CT molecular complexity index is 488. The van der Waals surface area contributed by atoms with Crippen LogP contribution in [-0.2, 0) is 0 Å². The van der Waals surface area contributed by atoms with Crippen LogP contribution in [0.1, 0.15) is 16.1 Å². The molecule has 0 unspecified atom stereocenters. The molecule has 15 heavy (non-hydrogen) atoms. The molecule has 0 atom stereocenters. The normalized spacial score (nSPS) is 10.2. The highest BCUT2D eigenvalue weighted by atomic mass is 16.4. The summed E-state index contributed by atoms with van der Waals surface area (Å²) in [4.78, 5) is 10.6. The van der Waals surface area contributed by atoms with Gasteiger partial charge in [-0.15, -0.1) is 5.10 Å². The number of carbonyl (C=O) groups is 1. The Balaban J connectivity index is 2.37. The van der Waals surface area contributed by atoms with E-state index in [0.717, 1.165) is 11.3 Å². The van der Waals surface area contributed by atoms with Gasteiger partial charge in [-0.2, -0.15) is 0 Å². The van der Waals surface area contributed by atoms with Gasteiger partial charge >= 0.3 is 5.97 Å². The molecule has 5 nitrogen and oxygen atoms in total. The largest absolute Gasteiger partial charge is 0.476 e. The molecule has 0 spiro atoms. The summed E-state index contributed by atoms with van der Waals surface area (Å²) in [5.74, 6) is -1.08. The molecule has 2 rings (SSSR count). The molecule has 0 bridgehead atoms. The molecule has 0 aliphatic rings. The standard InChI is InChI=1S/C10H9N3O2/c1-7-2-4-8(5-3-7)13-6-9(10(14)15)11-12-13/h2-6H,1H3,(H,14,15). The second kappa shape index (κ2) is 3.53. The summed E-state index contributed by atoms with van der Waals surface area (Å²) >= 11 is 0. The van der Waals surface area contributed by atoms with Crippen molar-refractivity contribution in [3.8, 4) is 5.69 Å². The van der Waals surface area contributed by atoms with Crippen LogP contribution in [0.3, 0.4) is 0 Å². The molecule has 5 heteroatoms. The third-order valence-electron chi connectivity index (χ3n) is 2.01. The fourth-order valence-electron chi connectivity index (χ4n) is 1.19. The first kappa shape index (κ1) is 9.39. The molecule has 0 saturated carbocycles. The van der Waals surface area contributed by atoms with Gasteiger partial charge in [-0.1, -0.05) is 22.9 Å². The van der Waals surface area contributed by atoms with Crippen LogP contribution in [0.25, 0.3) is 5.69 Å². The number of carboxylic acid groups (broad SMARTS) is 1. The highest BCUT2D eigenvalue weighted by molar-refractivity contribution is 5.84. The van der Waals surface area contributed by atoms with Crippen LogP contribution in [-0.4, -0.2) is 26.1 Å². The summed E-state index contributed by atoms with van der Waals surface area (Å²) in [6.45, 7) is 1.98. The molecule has 0 amide bonds. The Morgan fingerprint density at radius 1 is 1.33 bits per heavy atom. The summed E-state index contributed by atoms with van der Waals surface area (Å²) in [6, 6.07) is 7.57. The van der Waals surface area contributed by atoms with Gasteiger partial charge in [0.1, 0.15) is 0 Å². The van der Waals surface area contributed by atoms with Crippen molar-refractivity contribution in [1.82, 2.24) is 15.0 Å². The molecule has 1 aromatic carbocycles. The Kier molecular flexibility index (Phi) is 2.21. The second-order valence-electron chi connectivity index (χ2n) is 3.19. The first-order valence-corrected chi connectivity index (χ1v) is 4.39. The SMILES string of the molecule is Cc1ccc(-n2cc(C(=O)O)nn2)cc1. The average Bonchev–Trinajstić information content (AvgIpc) is 2.68. The highest BCUT2D eigenvalue weighted by Crippen LogP contribution is 2.08. The lowest BCUT2D eigenvalue weighted by Crippen LogP contribution is -1.95. The van der Waals surface area contributed by atoms with Gasteiger partial charge in [0.05, 0.1) is 11.9 Å². The van der Waals surface area contributed by atoms with E-state index in [0.29, 0.717) is 0 Å². The van der Waals surface area contributed by atoms with Crippen molar-refractivity contribution in [2.45, 2.75) is 6.92 Å². The number of hydrogen-bond acceptors (Lipinski definition) is 3.